The Labute approximate surface area is 156 Å². The summed E-state index contributed by atoms with van der Waals surface area (Å²) in [4.78, 5) is 23.4. The van der Waals surface area contributed by atoms with E-state index >= 15 is 0 Å². The molecule has 0 bridgehead atoms. The van der Waals surface area contributed by atoms with Gasteiger partial charge in [-0.1, -0.05) is 48.5 Å². The van der Waals surface area contributed by atoms with Crippen LogP contribution in [0.4, 0.5) is 0 Å². The molecular weight excluding hydrogens is 350 g/mol. The van der Waals surface area contributed by atoms with Gasteiger partial charge in [-0.05, 0) is 30.2 Å². The lowest BCUT2D eigenvalue weighted by Crippen LogP contribution is -2.24. The predicted molar refractivity (Wildman–Crippen MR) is 101 cm³/mol. The molecule has 3 rings (SSSR count). The molecule has 0 aliphatic heterocycles. The zero-order chi connectivity index (χ0) is 18.4. The Morgan fingerprint density at radius 1 is 1.00 bits per heavy atom. The third-order valence-corrected chi connectivity index (χ3v) is 4.05. The van der Waals surface area contributed by atoms with Gasteiger partial charge in [-0.2, -0.15) is 5.10 Å². The number of rotatable bonds is 7. The van der Waals surface area contributed by atoms with E-state index in [0.29, 0.717) is 24.2 Å². The Hall–Kier alpha value is -2.92. The Bertz CT molecular complexity index is 892. The lowest BCUT2D eigenvalue weighted by atomic mass is 10.1. The van der Waals surface area contributed by atoms with Crippen molar-refractivity contribution in [3.8, 4) is 16.9 Å². The van der Waals surface area contributed by atoms with E-state index in [0.717, 1.165) is 11.3 Å². The molecule has 26 heavy (non-hydrogen) atoms. The van der Waals surface area contributed by atoms with Gasteiger partial charge < -0.3 is 5.32 Å². The highest BCUT2D eigenvalue weighted by atomic mass is 35.5. The second-order valence-corrected chi connectivity index (χ2v) is 6.17. The van der Waals surface area contributed by atoms with Crippen LogP contribution in [0.15, 0.2) is 66.9 Å². The van der Waals surface area contributed by atoms with Crippen LogP contribution in [-0.2, 0) is 4.79 Å². The summed E-state index contributed by atoms with van der Waals surface area (Å²) in [6, 6.07) is 19.2. The average Bonchev–Trinajstić information content (AvgIpc) is 3.12. The fourth-order valence-electron chi connectivity index (χ4n) is 2.59. The topological polar surface area (TPSA) is 64.0 Å². The summed E-state index contributed by atoms with van der Waals surface area (Å²) in [7, 11) is 0. The Kier molecular flexibility index (Phi) is 5.81. The molecule has 0 saturated heterocycles. The van der Waals surface area contributed by atoms with Crippen LogP contribution in [0.2, 0.25) is 0 Å². The Morgan fingerprint density at radius 2 is 1.65 bits per heavy atom. The molecule has 0 aliphatic rings. The number of halogens is 1. The third kappa shape index (κ3) is 4.37. The van der Waals surface area contributed by atoms with Crippen LogP contribution in [0.1, 0.15) is 23.2 Å². The fraction of sp³-hybridized carbons (Fsp3) is 0.150. The van der Waals surface area contributed by atoms with E-state index in [1.54, 1.807) is 10.9 Å². The predicted octanol–water partition coefficient (Wildman–Crippen LogP) is 3.81. The molecule has 6 heteroatoms. The second-order valence-electron chi connectivity index (χ2n) is 5.75. The van der Waals surface area contributed by atoms with Crippen LogP contribution in [-0.4, -0.2) is 27.5 Å². The minimum Gasteiger partial charge on any atom is -0.352 e. The number of carbonyl (C=O) groups is 2. The van der Waals surface area contributed by atoms with E-state index in [1.165, 1.54) is 0 Å². The number of benzene rings is 2. The SMILES string of the molecule is O=C(Cl)CCCNC(=O)c1cn(-c2ccccc2)nc1-c1ccccc1. The van der Waals surface area contributed by atoms with Gasteiger partial charge in [0.25, 0.3) is 5.91 Å². The lowest BCUT2D eigenvalue weighted by Gasteiger charge is -2.04. The zero-order valence-corrected chi connectivity index (χ0v) is 14.8. The third-order valence-electron chi connectivity index (χ3n) is 3.86. The molecule has 0 unspecified atom stereocenters. The molecule has 0 aliphatic carbocycles. The van der Waals surface area contributed by atoms with Crippen LogP contribution in [0.5, 0.6) is 0 Å². The number of hydrogen-bond donors (Lipinski definition) is 1. The van der Waals surface area contributed by atoms with Crippen molar-refractivity contribution in [2.75, 3.05) is 6.54 Å². The van der Waals surface area contributed by atoms with Crippen LogP contribution < -0.4 is 5.32 Å². The maximum atomic E-state index is 12.6. The Balaban J connectivity index is 1.88. The molecule has 0 radical (unpaired) electrons. The molecule has 1 amide bonds. The molecule has 132 valence electrons. The van der Waals surface area contributed by atoms with E-state index in [4.69, 9.17) is 11.6 Å². The van der Waals surface area contributed by atoms with E-state index in [-0.39, 0.29) is 12.3 Å². The molecule has 1 aromatic heterocycles. The van der Waals surface area contributed by atoms with Crippen LogP contribution in [0.25, 0.3) is 16.9 Å². The summed E-state index contributed by atoms with van der Waals surface area (Å²) in [5, 5.41) is 7.03. The Morgan fingerprint density at radius 3 is 2.31 bits per heavy atom. The first-order valence-electron chi connectivity index (χ1n) is 8.32. The molecule has 0 fully saturated rings. The van der Waals surface area contributed by atoms with Crippen molar-refractivity contribution in [1.29, 1.82) is 0 Å². The maximum Gasteiger partial charge on any atom is 0.255 e. The number of nitrogens with one attached hydrogen (secondary N) is 1. The minimum absolute atomic E-state index is 0.229. The molecule has 0 atom stereocenters. The van der Waals surface area contributed by atoms with Crippen LogP contribution in [0.3, 0.4) is 0 Å². The van der Waals surface area contributed by atoms with Crippen molar-refractivity contribution < 1.29 is 9.59 Å². The first kappa shape index (κ1) is 17.9. The van der Waals surface area contributed by atoms with Crippen molar-refractivity contribution in [3.63, 3.8) is 0 Å². The van der Waals surface area contributed by atoms with Crippen molar-refractivity contribution in [3.05, 3.63) is 72.4 Å². The molecule has 0 saturated carbocycles. The van der Waals surface area contributed by atoms with Gasteiger partial charge in [0.2, 0.25) is 5.24 Å². The van der Waals surface area contributed by atoms with Gasteiger partial charge in [0.05, 0.1) is 11.3 Å². The largest absolute Gasteiger partial charge is 0.352 e. The van der Waals surface area contributed by atoms with Gasteiger partial charge in [0.15, 0.2) is 0 Å². The number of para-hydroxylation sites is 1. The van der Waals surface area contributed by atoms with E-state index in [9.17, 15) is 9.59 Å². The quantitative estimate of drug-likeness (QED) is 0.510. The highest BCUT2D eigenvalue weighted by Crippen LogP contribution is 2.23. The highest BCUT2D eigenvalue weighted by molar-refractivity contribution is 6.63. The number of nitrogens with zero attached hydrogens (tertiary/aromatic N) is 2. The molecule has 3 aromatic rings. The monoisotopic (exact) mass is 367 g/mol. The van der Waals surface area contributed by atoms with Gasteiger partial charge in [0, 0.05) is 24.7 Å². The van der Waals surface area contributed by atoms with Crippen LogP contribution in [0, 0.1) is 0 Å². The molecule has 0 spiro atoms. The summed E-state index contributed by atoms with van der Waals surface area (Å²) in [5.41, 5.74) is 2.83. The summed E-state index contributed by atoms with van der Waals surface area (Å²) in [5.74, 6) is -0.229. The van der Waals surface area contributed by atoms with Crippen LogP contribution >= 0.6 is 11.6 Å². The number of hydrogen-bond acceptors (Lipinski definition) is 3. The number of amides is 1. The fourth-order valence-corrected chi connectivity index (χ4v) is 2.72. The smallest absolute Gasteiger partial charge is 0.255 e. The van der Waals surface area contributed by atoms with Gasteiger partial charge in [-0.15, -0.1) is 0 Å². The van der Waals surface area contributed by atoms with Crippen molar-refractivity contribution >= 4 is 22.8 Å². The first-order chi connectivity index (χ1) is 12.6. The minimum atomic E-state index is -0.402. The summed E-state index contributed by atoms with van der Waals surface area (Å²) in [6.45, 7) is 0.377. The normalized spacial score (nSPS) is 10.5. The van der Waals surface area contributed by atoms with Gasteiger partial charge in [-0.3, -0.25) is 9.59 Å². The van der Waals surface area contributed by atoms with Gasteiger partial charge in [-0.25, -0.2) is 4.68 Å². The first-order valence-corrected chi connectivity index (χ1v) is 8.70. The van der Waals surface area contributed by atoms with Crippen molar-refractivity contribution in [1.82, 2.24) is 15.1 Å². The number of aromatic nitrogens is 2. The van der Waals surface area contributed by atoms with E-state index < -0.39 is 5.24 Å². The molecular formula is C20H18ClN3O2. The van der Waals surface area contributed by atoms with Crippen molar-refractivity contribution in [2.45, 2.75) is 12.8 Å². The van der Waals surface area contributed by atoms with Gasteiger partial charge in [0.1, 0.15) is 5.69 Å². The van der Waals surface area contributed by atoms with E-state index in [1.807, 2.05) is 60.7 Å². The van der Waals surface area contributed by atoms with Gasteiger partial charge >= 0.3 is 0 Å². The summed E-state index contributed by atoms with van der Waals surface area (Å²) >= 11 is 5.32. The summed E-state index contributed by atoms with van der Waals surface area (Å²) < 4.78 is 1.69. The lowest BCUT2D eigenvalue weighted by molar-refractivity contribution is -0.111. The highest BCUT2D eigenvalue weighted by Gasteiger charge is 2.18. The molecule has 1 heterocycles. The standard InChI is InChI=1S/C20H18ClN3O2/c21-18(25)12-7-13-22-20(26)17-14-24(16-10-5-2-6-11-16)23-19(17)15-8-3-1-4-9-15/h1-6,8-11,14H,7,12-13H2,(H,22,26). The molecule has 2 aromatic carbocycles. The van der Waals surface area contributed by atoms with Crippen molar-refractivity contribution in [2.24, 2.45) is 0 Å². The molecule has 1 N–H and O–H groups in total. The number of carbonyl (C=O) groups excluding carboxylic acids is 2. The molecule has 5 nitrogen and oxygen atoms in total. The maximum absolute atomic E-state index is 12.6. The summed E-state index contributed by atoms with van der Waals surface area (Å²) in [6.07, 6.45) is 2.46. The average molecular weight is 368 g/mol. The second kappa shape index (κ2) is 8.45. The van der Waals surface area contributed by atoms with E-state index in [2.05, 4.69) is 10.4 Å². The zero-order valence-electron chi connectivity index (χ0n) is 14.1.